The quantitative estimate of drug-likeness (QED) is 0.338. The number of methoxy groups -OCH3 is 1. The summed E-state index contributed by atoms with van der Waals surface area (Å²) in [7, 11) is 1.78. The number of ether oxygens (including phenoxy) is 3. The zero-order chi connectivity index (χ0) is 17.8. The third-order valence-electron chi connectivity index (χ3n) is 5.30. The summed E-state index contributed by atoms with van der Waals surface area (Å²) in [6.07, 6.45) is 8.43. The molecule has 2 N–H and O–H groups in total. The molecule has 0 bridgehead atoms. The second-order valence-corrected chi connectivity index (χ2v) is 7.25. The van der Waals surface area contributed by atoms with Crippen LogP contribution >= 0.6 is 0 Å². The highest BCUT2D eigenvalue weighted by molar-refractivity contribution is 5.79. The highest BCUT2D eigenvalue weighted by atomic mass is 16.5. The Morgan fingerprint density at radius 2 is 2.00 bits per heavy atom. The van der Waals surface area contributed by atoms with Crippen molar-refractivity contribution in [2.24, 2.45) is 10.4 Å². The predicted octanol–water partition coefficient (Wildman–Crippen LogP) is 2.33. The molecule has 1 saturated carbocycles. The van der Waals surface area contributed by atoms with Crippen LogP contribution in [-0.2, 0) is 14.2 Å². The van der Waals surface area contributed by atoms with Crippen molar-refractivity contribution in [2.75, 3.05) is 53.2 Å². The lowest BCUT2D eigenvalue weighted by molar-refractivity contribution is -0.0320. The Labute approximate surface area is 153 Å². The fourth-order valence-corrected chi connectivity index (χ4v) is 3.44. The number of nitrogens with one attached hydrogen (secondary N) is 2. The van der Waals surface area contributed by atoms with E-state index in [4.69, 9.17) is 19.2 Å². The molecule has 2 fully saturated rings. The van der Waals surface area contributed by atoms with Crippen molar-refractivity contribution in [3.63, 3.8) is 0 Å². The lowest BCUT2D eigenvalue weighted by atomic mass is 9.67. The molecular formula is C19H37N3O3. The van der Waals surface area contributed by atoms with Gasteiger partial charge in [0.15, 0.2) is 5.96 Å². The van der Waals surface area contributed by atoms with Gasteiger partial charge in [0, 0.05) is 53.2 Å². The van der Waals surface area contributed by atoms with Gasteiger partial charge < -0.3 is 24.8 Å². The van der Waals surface area contributed by atoms with Crippen LogP contribution in [0.4, 0.5) is 0 Å². The molecule has 0 aromatic heterocycles. The van der Waals surface area contributed by atoms with Gasteiger partial charge in [0.2, 0.25) is 0 Å². The number of hydrogen-bond acceptors (Lipinski definition) is 4. The summed E-state index contributed by atoms with van der Waals surface area (Å²) in [4.78, 5) is 4.83. The van der Waals surface area contributed by atoms with E-state index in [1.807, 2.05) is 0 Å². The molecule has 146 valence electrons. The normalized spacial score (nSPS) is 21.0. The van der Waals surface area contributed by atoms with Gasteiger partial charge in [-0.05, 0) is 50.9 Å². The molecule has 2 rings (SSSR count). The summed E-state index contributed by atoms with van der Waals surface area (Å²) in [6.45, 7) is 8.09. The zero-order valence-electron chi connectivity index (χ0n) is 16.1. The largest absolute Gasteiger partial charge is 0.385 e. The first-order valence-electron chi connectivity index (χ1n) is 9.98. The summed E-state index contributed by atoms with van der Waals surface area (Å²) < 4.78 is 16.5. The molecule has 1 aliphatic carbocycles. The summed E-state index contributed by atoms with van der Waals surface area (Å²) >= 11 is 0. The topological polar surface area (TPSA) is 64.1 Å². The van der Waals surface area contributed by atoms with E-state index >= 15 is 0 Å². The smallest absolute Gasteiger partial charge is 0.191 e. The second kappa shape index (κ2) is 11.7. The molecule has 0 unspecified atom stereocenters. The van der Waals surface area contributed by atoms with Gasteiger partial charge in [0.1, 0.15) is 0 Å². The third kappa shape index (κ3) is 7.50. The van der Waals surface area contributed by atoms with Gasteiger partial charge in [-0.1, -0.05) is 6.42 Å². The lowest BCUT2D eigenvalue weighted by Crippen LogP contribution is -2.40. The fourth-order valence-electron chi connectivity index (χ4n) is 3.44. The molecule has 0 aromatic carbocycles. The molecule has 6 heteroatoms. The summed E-state index contributed by atoms with van der Waals surface area (Å²) in [6, 6.07) is 0. The first-order valence-corrected chi connectivity index (χ1v) is 9.98. The van der Waals surface area contributed by atoms with Crippen LogP contribution in [0.5, 0.6) is 0 Å². The molecule has 1 heterocycles. The van der Waals surface area contributed by atoms with E-state index in [1.165, 1.54) is 19.3 Å². The van der Waals surface area contributed by atoms with Crippen molar-refractivity contribution in [1.82, 2.24) is 10.6 Å². The highest BCUT2D eigenvalue weighted by Crippen LogP contribution is 2.44. The van der Waals surface area contributed by atoms with E-state index in [0.717, 1.165) is 77.7 Å². The van der Waals surface area contributed by atoms with Gasteiger partial charge in [-0.15, -0.1) is 0 Å². The Bertz CT molecular complexity index is 380. The molecule has 0 aromatic rings. The molecule has 6 nitrogen and oxygen atoms in total. The predicted molar refractivity (Wildman–Crippen MR) is 101 cm³/mol. The van der Waals surface area contributed by atoms with Crippen LogP contribution in [-0.4, -0.2) is 65.2 Å². The van der Waals surface area contributed by atoms with Crippen molar-refractivity contribution in [1.29, 1.82) is 0 Å². The minimum absolute atomic E-state index is 0.366. The van der Waals surface area contributed by atoms with E-state index in [-0.39, 0.29) is 0 Å². The van der Waals surface area contributed by atoms with E-state index in [0.29, 0.717) is 11.5 Å². The number of nitrogens with zero attached hydrogens (tertiary/aromatic N) is 1. The van der Waals surface area contributed by atoms with E-state index in [9.17, 15) is 0 Å². The Morgan fingerprint density at radius 3 is 2.64 bits per heavy atom. The number of guanidine groups is 1. The zero-order valence-corrected chi connectivity index (χ0v) is 16.1. The van der Waals surface area contributed by atoms with Gasteiger partial charge in [0.25, 0.3) is 0 Å². The highest BCUT2D eigenvalue weighted by Gasteiger charge is 2.36. The van der Waals surface area contributed by atoms with Gasteiger partial charge in [-0.25, -0.2) is 0 Å². The first-order chi connectivity index (χ1) is 12.3. The SMILES string of the molecule is CCNC(=NCC1(CCOC)CCC1)NCCCOC1CCOCC1. The average molecular weight is 356 g/mol. The van der Waals surface area contributed by atoms with Gasteiger partial charge in [0.05, 0.1) is 6.10 Å². The summed E-state index contributed by atoms with van der Waals surface area (Å²) in [5, 5.41) is 6.79. The Hall–Kier alpha value is -0.850. The minimum atomic E-state index is 0.366. The average Bonchev–Trinajstić information content (AvgIpc) is 2.61. The van der Waals surface area contributed by atoms with Crippen LogP contribution < -0.4 is 10.6 Å². The molecule has 1 saturated heterocycles. The fraction of sp³-hybridized carbons (Fsp3) is 0.947. The monoisotopic (exact) mass is 355 g/mol. The summed E-state index contributed by atoms with van der Waals surface area (Å²) in [5.41, 5.74) is 0.366. The van der Waals surface area contributed by atoms with Crippen LogP contribution in [0, 0.1) is 5.41 Å². The third-order valence-corrected chi connectivity index (χ3v) is 5.30. The van der Waals surface area contributed by atoms with Gasteiger partial charge >= 0.3 is 0 Å². The molecule has 0 radical (unpaired) electrons. The van der Waals surface area contributed by atoms with E-state index in [2.05, 4.69) is 17.6 Å². The maximum Gasteiger partial charge on any atom is 0.191 e. The minimum Gasteiger partial charge on any atom is -0.385 e. The maximum atomic E-state index is 5.92. The molecule has 1 aliphatic heterocycles. The summed E-state index contributed by atoms with van der Waals surface area (Å²) in [5.74, 6) is 0.928. The standard InChI is InChI=1S/C19H37N3O3/c1-3-20-18(22-16-19(8-4-9-19)10-15-23-2)21-11-5-12-25-17-6-13-24-14-7-17/h17H,3-16H2,1-2H3,(H2,20,21,22). The van der Waals surface area contributed by atoms with E-state index < -0.39 is 0 Å². The van der Waals surface area contributed by atoms with Crippen molar-refractivity contribution in [3.8, 4) is 0 Å². The Balaban J connectivity index is 1.64. The van der Waals surface area contributed by atoms with Crippen LogP contribution in [0.15, 0.2) is 4.99 Å². The van der Waals surface area contributed by atoms with E-state index in [1.54, 1.807) is 7.11 Å². The van der Waals surface area contributed by atoms with Crippen LogP contribution in [0.1, 0.15) is 51.9 Å². The molecular weight excluding hydrogens is 318 g/mol. The maximum absolute atomic E-state index is 5.92. The van der Waals surface area contributed by atoms with Gasteiger partial charge in [-0.2, -0.15) is 0 Å². The molecule has 0 amide bonds. The number of rotatable bonds is 11. The van der Waals surface area contributed by atoms with Crippen molar-refractivity contribution < 1.29 is 14.2 Å². The van der Waals surface area contributed by atoms with Crippen molar-refractivity contribution in [3.05, 3.63) is 0 Å². The number of aliphatic imine (C=N–C) groups is 1. The molecule has 0 spiro atoms. The first kappa shape index (κ1) is 20.5. The van der Waals surface area contributed by atoms with Crippen LogP contribution in [0.3, 0.4) is 0 Å². The van der Waals surface area contributed by atoms with Crippen LogP contribution in [0.2, 0.25) is 0 Å². The Morgan fingerprint density at radius 1 is 1.20 bits per heavy atom. The number of hydrogen-bond donors (Lipinski definition) is 2. The van der Waals surface area contributed by atoms with Crippen LogP contribution in [0.25, 0.3) is 0 Å². The second-order valence-electron chi connectivity index (χ2n) is 7.25. The van der Waals surface area contributed by atoms with Crippen molar-refractivity contribution in [2.45, 2.75) is 58.0 Å². The Kier molecular flexibility index (Phi) is 9.58. The molecule has 25 heavy (non-hydrogen) atoms. The van der Waals surface area contributed by atoms with Gasteiger partial charge in [-0.3, -0.25) is 4.99 Å². The van der Waals surface area contributed by atoms with Crippen molar-refractivity contribution >= 4 is 5.96 Å². The lowest BCUT2D eigenvalue weighted by Gasteiger charge is -2.40. The molecule has 0 atom stereocenters. The molecule has 2 aliphatic rings.